The van der Waals surface area contributed by atoms with E-state index in [4.69, 9.17) is 0 Å². The molecule has 0 aliphatic rings. The largest absolute Gasteiger partial charge is 0.384 e. The first-order valence-corrected chi connectivity index (χ1v) is 6.12. The normalized spacial score (nSPS) is 14.8. The van der Waals surface area contributed by atoms with E-state index in [1.165, 1.54) is 5.56 Å². The summed E-state index contributed by atoms with van der Waals surface area (Å²) >= 11 is 0. The van der Waals surface area contributed by atoms with E-state index in [0.717, 1.165) is 24.9 Å². The van der Waals surface area contributed by atoms with E-state index in [0.29, 0.717) is 6.54 Å². The van der Waals surface area contributed by atoms with E-state index in [1.54, 1.807) is 0 Å². The van der Waals surface area contributed by atoms with Crippen LogP contribution in [0, 0.1) is 0 Å². The lowest BCUT2D eigenvalue weighted by Crippen LogP contribution is -2.35. The maximum atomic E-state index is 10.3. The monoisotopic (exact) mass is 221 g/mol. The number of rotatable bonds is 6. The van der Waals surface area contributed by atoms with Gasteiger partial charge < -0.3 is 10.4 Å². The first kappa shape index (κ1) is 13.2. The molecule has 1 aromatic carbocycles. The molecule has 1 rings (SSSR count). The molecule has 2 nitrogen and oxygen atoms in total. The molecule has 0 bridgehead atoms. The van der Waals surface area contributed by atoms with Crippen LogP contribution in [0.5, 0.6) is 0 Å². The lowest BCUT2D eigenvalue weighted by molar-refractivity contribution is 0.0576. The molecule has 1 atom stereocenters. The van der Waals surface area contributed by atoms with Gasteiger partial charge in [-0.25, -0.2) is 0 Å². The van der Waals surface area contributed by atoms with Crippen LogP contribution in [-0.2, 0) is 12.0 Å². The third kappa shape index (κ3) is 3.62. The molecule has 0 saturated carbocycles. The number of nitrogens with one attached hydrogen (secondary N) is 1. The van der Waals surface area contributed by atoms with E-state index >= 15 is 0 Å². The van der Waals surface area contributed by atoms with Crippen LogP contribution in [0.15, 0.2) is 24.3 Å². The molecule has 1 aromatic rings. The number of likely N-dealkylation sites (N-methyl/N-ethyl adjacent to an activating group) is 1. The second-order valence-electron chi connectivity index (χ2n) is 4.50. The SMILES string of the molecule is CCCc1ccc(C(C)(O)CNCC)cc1. The van der Waals surface area contributed by atoms with Crippen molar-refractivity contribution < 1.29 is 5.11 Å². The number of hydrogen-bond donors (Lipinski definition) is 2. The molecule has 0 aromatic heterocycles. The molecule has 2 heteroatoms. The van der Waals surface area contributed by atoms with Crippen LogP contribution >= 0.6 is 0 Å². The highest BCUT2D eigenvalue weighted by atomic mass is 16.3. The summed E-state index contributed by atoms with van der Waals surface area (Å²) in [6, 6.07) is 8.28. The van der Waals surface area contributed by atoms with Crippen LogP contribution in [0.4, 0.5) is 0 Å². The van der Waals surface area contributed by atoms with Crippen molar-refractivity contribution in [1.82, 2.24) is 5.32 Å². The molecule has 0 fully saturated rings. The van der Waals surface area contributed by atoms with Crippen LogP contribution in [0.1, 0.15) is 38.3 Å². The summed E-state index contributed by atoms with van der Waals surface area (Å²) in [4.78, 5) is 0. The van der Waals surface area contributed by atoms with Crippen molar-refractivity contribution in [3.05, 3.63) is 35.4 Å². The van der Waals surface area contributed by atoms with E-state index in [1.807, 2.05) is 26.0 Å². The zero-order valence-electron chi connectivity index (χ0n) is 10.6. The highest BCUT2D eigenvalue weighted by molar-refractivity contribution is 5.27. The fourth-order valence-electron chi connectivity index (χ4n) is 1.79. The fraction of sp³-hybridized carbons (Fsp3) is 0.571. The highest BCUT2D eigenvalue weighted by Crippen LogP contribution is 2.20. The van der Waals surface area contributed by atoms with Crippen LogP contribution < -0.4 is 5.32 Å². The molecular weight excluding hydrogens is 198 g/mol. The predicted molar refractivity (Wildman–Crippen MR) is 68.6 cm³/mol. The second kappa shape index (κ2) is 6.02. The second-order valence-corrected chi connectivity index (χ2v) is 4.50. The maximum Gasteiger partial charge on any atom is 0.0992 e. The average molecular weight is 221 g/mol. The molecule has 0 amide bonds. The Balaban J connectivity index is 2.71. The molecule has 0 aliphatic heterocycles. The topological polar surface area (TPSA) is 32.3 Å². The Kier molecular flexibility index (Phi) is 4.97. The van der Waals surface area contributed by atoms with Crippen LogP contribution in [0.3, 0.4) is 0 Å². The minimum absolute atomic E-state index is 0.594. The van der Waals surface area contributed by atoms with Gasteiger partial charge in [-0.15, -0.1) is 0 Å². The summed E-state index contributed by atoms with van der Waals surface area (Å²) in [7, 11) is 0. The van der Waals surface area contributed by atoms with Gasteiger partial charge in [0.25, 0.3) is 0 Å². The Labute approximate surface area is 98.7 Å². The van der Waals surface area contributed by atoms with Crippen molar-refractivity contribution in [2.45, 2.75) is 39.2 Å². The highest BCUT2D eigenvalue weighted by Gasteiger charge is 2.21. The van der Waals surface area contributed by atoms with Gasteiger partial charge in [-0.1, -0.05) is 44.5 Å². The smallest absolute Gasteiger partial charge is 0.0992 e. The molecule has 0 radical (unpaired) electrons. The Morgan fingerprint density at radius 3 is 2.31 bits per heavy atom. The van der Waals surface area contributed by atoms with Crippen molar-refractivity contribution in [1.29, 1.82) is 0 Å². The number of hydrogen-bond acceptors (Lipinski definition) is 2. The van der Waals surface area contributed by atoms with Gasteiger partial charge in [-0.3, -0.25) is 0 Å². The van der Waals surface area contributed by atoms with Crippen LogP contribution in [0.2, 0.25) is 0 Å². The number of aliphatic hydroxyl groups is 1. The van der Waals surface area contributed by atoms with Crippen molar-refractivity contribution in [3.8, 4) is 0 Å². The molecule has 16 heavy (non-hydrogen) atoms. The Morgan fingerprint density at radius 1 is 1.19 bits per heavy atom. The van der Waals surface area contributed by atoms with E-state index < -0.39 is 5.60 Å². The summed E-state index contributed by atoms with van der Waals surface area (Å²) in [5.41, 5.74) is 1.54. The van der Waals surface area contributed by atoms with Gasteiger partial charge in [-0.05, 0) is 31.0 Å². The average Bonchev–Trinajstić information content (AvgIpc) is 2.28. The lowest BCUT2D eigenvalue weighted by Gasteiger charge is -2.24. The van der Waals surface area contributed by atoms with Crippen LogP contribution in [0.25, 0.3) is 0 Å². The first-order chi connectivity index (χ1) is 7.60. The quantitative estimate of drug-likeness (QED) is 0.773. The molecule has 0 heterocycles. The molecule has 1 unspecified atom stereocenters. The number of benzene rings is 1. The molecule has 0 saturated heterocycles. The molecular formula is C14H23NO. The molecule has 0 aliphatic carbocycles. The zero-order chi connectivity index (χ0) is 12.0. The minimum atomic E-state index is -0.777. The molecule has 2 N–H and O–H groups in total. The minimum Gasteiger partial charge on any atom is -0.384 e. The fourth-order valence-corrected chi connectivity index (χ4v) is 1.79. The molecule has 90 valence electrons. The first-order valence-electron chi connectivity index (χ1n) is 6.12. The third-order valence-electron chi connectivity index (χ3n) is 2.83. The van der Waals surface area contributed by atoms with Gasteiger partial charge in [-0.2, -0.15) is 0 Å². The van der Waals surface area contributed by atoms with Crippen LogP contribution in [-0.4, -0.2) is 18.2 Å². The van der Waals surface area contributed by atoms with Gasteiger partial charge in [0.1, 0.15) is 0 Å². The summed E-state index contributed by atoms with van der Waals surface area (Å²) in [6.07, 6.45) is 2.27. The molecule has 0 spiro atoms. The van der Waals surface area contributed by atoms with E-state index in [2.05, 4.69) is 24.4 Å². The van der Waals surface area contributed by atoms with Gasteiger partial charge in [0, 0.05) is 6.54 Å². The lowest BCUT2D eigenvalue weighted by atomic mass is 9.94. The summed E-state index contributed by atoms with van der Waals surface area (Å²) in [6.45, 7) is 7.54. The van der Waals surface area contributed by atoms with Gasteiger partial charge in [0.15, 0.2) is 0 Å². The van der Waals surface area contributed by atoms with Gasteiger partial charge >= 0.3 is 0 Å². The Bertz CT molecular complexity index is 303. The van der Waals surface area contributed by atoms with Crippen molar-refractivity contribution in [2.75, 3.05) is 13.1 Å². The van der Waals surface area contributed by atoms with Gasteiger partial charge in [0.05, 0.1) is 5.60 Å². The maximum absolute atomic E-state index is 10.3. The van der Waals surface area contributed by atoms with E-state index in [-0.39, 0.29) is 0 Å². The Morgan fingerprint density at radius 2 is 1.81 bits per heavy atom. The third-order valence-corrected chi connectivity index (χ3v) is 2.83. The van der Waals surface area contributed by atoms with Gasteiger partial charge in [0.2, 0.25) is 0 Å². The Hall–Kier alpha value is -0.860. The summed E-state index contributed by atoms with van der Waals surface area (Å²) in [5.74, 6) is 0. The predicted octanol–water partition coefficient (Wildman–Crippen LogP) is 2.46. The summed E-state index contributed by atoms with van der Waals surface area (Å²) < 4.78 is 0. The van der Waals surface area contributed by atoms with Crippen molar-refractivity contribution in [3.63, 3.8) is 0 Å². The van der Waals surface area contributed by atoms with Crippen molar-refractivity contribution >= 4 is 0 Å². The van der Waals surface area contributed by atoms with Crippen molar-refractivity contribution in [2.24, 2.45) is 0 Å². The zero-order valence-corrected chi connectivity index (χ0v) is 10.6. The van der Waals surface area contributed by atoms with E-state index in [9.17, 15) is 5.11 Å². The standard InChI is InChI=1S/C14H23NO/c1-4-6-12-7-9-13(10-8-12)14(3,16)11-15-5-2/h7-10,15-16H,4-6,11H2,1-3H3. The summed E-state index contributed by atoms with van der Waals surface area (Å²) in [5, 5.41) is 13.5. The number of aryl methyl sites for hydroxylation is 1.